The van der Waals surface area contributed by atoms with Gasteiger partial charge < -0.3 is 9.73 Å². The molecule has 6 heteroatoms. The molecule has 0 fully saturated rings. The zero-order valence-corrected chi connectivity index (χ0v) is 9.79. The Bertz CT molecular complexity index is 473. The van der Waals surface area contributed by atoms with Gasteiger partial charge in [0.15, 0.2) is 0 Å². The molecule has 1 aromatic heterocycles. The summed E-state index contributed by atoms with van der Waals surface area (Å²) in [5, 5.41) is 11.2. The second-order valence-electron chi connectivity index (χ2n) is 3.12. The van der Waals surface area contributed by atoms with Crippen LogP contribution < -0.4 is 5.32 Å². The molecule has 2 aromatic rings. The van der Waals surface area contributed by atoms with E-state index in [1.165, 1.54) is 0 Å². The lowest BCUT2D eigenvalue weighted by Crippen LogP contribution is -1.99. The molecule has 1 heterocycles. The minimum absolute atomic E-state index is 0.214. The Balaban J connectivity index is 1.96. The minimum atomic E-state index is 0.214. The summed E-state index contributed by atoms with van der Waals surface area (Å²) in [5.41, 5.74) is 1.04. The van der Waals surface area contributed by atoms with Crippen LogP contribution >= 0.6 is 23.2 Å². The third-order valence-electron chi connectivity index (χ3n) is 1.91. The van der Waals surface area contributed by atoms with Crippen LogP contribution in [-0.2, 0) is 12.4 Å². The highest BCUT2D eigenvalue weighted by Gasteiger charge is 2.03. The number of anilines is 1. The fourth-order valence-electron chi connectivity index (χ4n) is 1.20. The summed E-state index contributed by atoms with van der Waals surface area (Å²) in [4.78, 5) is 0. The zero-order valence-electron chi connectivity index (χ0n) is 8.28. The van der Waals surface area contributed by atoms with Crippen LogP contribution in [0.25, 0.3) is 0 Å². The van der Waals surface area contributed by atoms with Crippen molar-refractivity contribution >= 4 is 29.2 Å². The number of rotatable bonds is 4. The van der Waals surface area contributed by atoms with E-state index in [4.69, 9.17) is 27.6 Å². The third kappa shape index (κ3) is 2.87. The first kappa shape index (κ1) is 11.2. The van der Waals surface area contributed by atoms with E-state index in [1.807, 2.05) is 24.3 Å². The molecule has 84 valence electrons. The topological polar surface area (TPSA) is 51.0 Å². The van der Waals surface area contributed by atoms with Crippen molar-refractivity contribution in [1.29, 1.82) is 0 Å². The predicted octanol–water partition coefficient (Wildman–Crippen LogP) is 3.07. The van der Waals surface area contributed by atoms with Gasteiger partial charge in [-0.15, -0.1) is 16.7 Å². The number of nitrogens with one attached hydrogen (secondary N) is 1. The maximum absolute atomic E-state index is 5.86. The monoisotopic (exact) mass is 257 g/mol. The molecule has 0 aliphatic carbocycles. The van der Waals surface area contributed by atoms with E-state index in [9.17, 15) is 0 Å². The van der Waals surface area contributed by atoms with Gasteiger partial charge >= 0.3 is 6.01 Å². The van der Waals surface area contributed by atoms with E-state index in [2.05, 4.69) is 15.5 Å². The summed E-state index contributed by atoms with van der Waals surface area (Å²) in [6.07, 6.45) is 0. The second kappa shape index (κ2) is 5.18. The molecule has 0 aliphatic rings. The van der Waals surface area contributed by atoms with Gasteiger partial charge in [0.25, 0.3) is 0 Å². The van der Waals surface area contributed by atoms with E-state index in [0.717, 1.165) is 5.56 Å². The number of aromatic nitrogens is 2. The van der Waals surface area contributed by atoms with Crippen molar-refractivity contribution in [2.45, 2.75) is 12.4 Å². The summed E-state index contributed by atoms with van der Waals surface area (Å²) < 4.78 is 5.19. The fraction of sp³-hybridized carbons (Fsp3) is 0.200. The lowest BCUT2D eigenvalue weighted by atomic mass is 10.2. The molecule has 0 spiro atoms. The summed E-state index contributed by atoms with van der Waals surface area (Å²) in [5.74, 6) is 0.613. The van der Waals surface area contributed by atoms with Gasteiger partial charge in [0.05, 0.1) is 0 Å². The largest absolute Gasteiger partial charge is 0.407 e. The Morgan fingerprint density at radius 1 is 1.31 bits per heavy atom. The summed E-state index contributed by atoms with van der Waals surface area (Å²) in [6, 6.07) is 7.89. The number of hydrogen-bond acceptors (Lipinski definition) is 4. The summed E-state index contributed by atoms with van der Waals surface area (Å²) in [7, 11) is 0. The number of halogens is 2. The molecule has 0 aliphatic heterocycles. The van der Waals surface area contributed by atoms with Gasteiger partial charge in [0.2, 0.25) is 5.89 Å². The highest BCUT2D eigenvalue weighted by atomic mass is 35.5. The van der Waals surface area contributed by atoms with Gasteiger partial charge in [-0.3, -0.25) is 0 Å². The predicted molar refractivity (Wildman–Crippen MR) is 62.6 cm³/mol. The number of alkyl halides is 1. The summed E-state index contributed by atoms with van der Waals surface area (Å²) >= 11 is 11.4. The van der Waals surface area contributed by atoms with E-state index < -0.39 is 0 Å². The van der Waals surface area contributed by atoms with Crippen LogP contribution in [0.15, 0.2) is 28.7 Å². The van der Waals surface area contributed by atoms with Gasteiger partial charge in [-0.05, 0) is 17.7 Å². The zero-order chi connectivity index (χ0) is 11.4. The molecule has 0 saturated carbocycles. The standard InChI is InChI=1S/C10H9Cl2N3O/c11-5-9-14-15-10(16-9)13-6-7-2-1-3-8(12)4-7/h1-4H,5-6H2,(H,13,15). The number of hydrogen-bond donors (Lipinski definition) is 1. The van der Waals surface area contributed by atoms with Gasteiger partial charge in [-0.25, -0.2) is 0 Å². The van der Waals surface area contributed by atoms with Gasteiger partial charge in [0, 0.05) is 11.6 Å². The van der Waals surface area contributed by atoms with Crippen LogP contribution in [0.5, 0.6) is 0 Å². The first-order valence-electron chi connectivity index (χ1n) is 4.64. The molecule has 0 atom stereocenters. The average Bonchev–Trinajstić information content (AvgIpc) is 2.74. The Labute approximate surface area is 103 Å². The van der Waals surface area contributed by atoms with E-state index in [0.29, 0.717) is 23.5 Å². The maximum Gasteiger partial charge on any atom is 0.315 e. The average molecular weight is 258 g/mol. The Hall–Kier alpha value is -1.26. The van der Waals surface area contributed by atoms with Crippen LogP contribution in [0.4, 0.5) is 6.01 Å². The fourth-order valence-corrected chi connectivity index (χ4v) is 1.52. The molecule has 2 rings (SSSR count). The van der Waals surface area contributed by atoms with Gasteiger partial charge in [0.1, 0.15) is 5.88 Å². The van der Waals surface area contributed by atoms with Crippen LogP contribution in [-0.4, -0.2) is 10.2 Å². The molecule has 0 unspecified atom stereocenters. The van der Waals surface area contributed by atoms with E-state index in [1.54, 1.807) is 0 Å². The van der Waals surface area contributed by atoms with E-state index in [-0.39, 0.29) is 5.88 Å². The molecular formula is C10H9Cl2N3O. The van der Waals surface area contributed by atoms with Crippen LogP contribution in [0, 0.1) is 0 Å². The number of nitrogens with zero attached hydrogens (tertiary/aromatic N) is 2. The Morgan fingerprint density at radius 3 is 2.88 bits per heavy atom. The normalized spacial score (nSPS) is 10.4. The molecule has 4 nitrogen and oxygen atoms in total. The Morgan fingerprint density at radius 2 is 2.19 bits per heavy atom. The van der Waals surface area contributed by atoms with Crippen molar-refractivity contribution in [3.8, 4) is 0 Å². The van der Waals surface area contributed by atoms with Crippen molar-refractivity contribution in [2.24, 2.45) is 0 Å². The first-order chi connectivity index (χ1) is 7.78. The smallest absolute Gasteiger partial charge is 0.315 e. The molecule has 16 heavy (non-hydrogen) atoms. The van der Waals surface area contributed by atoms with Gasteiger partial charge in [-0.2, -0.15) is 0 Å². The third-order valence-corrected chi connectivity index (χ3v) is 2.38. The second-order valence-corrected chi connectivity index (χ2v) is 3.82. The van der Waals surface area contributed by atoms with Gasteiger partial charge in [-0.1, -0.05) is 28.8 Å². The first-order valence-corrected chi connectivity index (χ1v) is 5.56. The molecular weight excluding hydrogens is 249 g/mol. The van der Waals surface area contributed by atoms with Crippen LogP contribution in [0.2, 0.25) is 5.02 Å². The highest BCUT2D eigenvalue weighted by molar-refractivity contribution is 6.30. The molecule has 0 bridgehead atoms. The van der Waals surface area contributed by atoms with Crippen molar-refractivity contribution < 1.29 is 4.42 Å². The quantitative estimate of drug-likeness (QED) is 0.856. The van der Waals surface area contributed by atoms with Crippen molar-refractivity contribution in [3.05, 3.63) is 40.7 Å². The van der Waals surface area contributed by atoms with Crippen molar-refractivity contribution in [3.63, 3.8) is 0 Å². The maximum atomic E-state index is 5.86. The molecule has 1 N–H and O–H groups in total. The Kier molecular flexibility index (Phi) is 3.64. The minimum Gasteiger partial charge on any atom is -0.407 e. The van der Waals surface area contributed by atoms with Crippen LogP contribution in [0.1, 0.15) is 11.5 Å². The summed E-state index contributed by atoms with van der Waals surface area (Å²) in [6.45, 7) is 0.574. The van der Waals surface area contributed by atoms with Crippen molar-refractivity contribution in [2.75, 3.05) is 5.32 Å². The molecule has 0 amide bonds. The lowest BCUT2D eigenvalue weighted by Gasteiger charge is -2.01. The highest BCUT2D eigenvalue weighted by Crippen LogP contribution is 2.13. The van der Waals surface area contributed by atoms with Crippen LogP contribution in [0.3, 0.4) is 0 Å². The number of benzene rings is 1. The van der Waals surface area contributed by atoms with E-state index >= 15 is 0 Å². The lowest BCUT2D eigenvalue weighted by molar-refractivity contribution is 0.525. The van der Waals surface area contributed by atoms with Crippen molar-refractivity contribution in [1.82, 2.24) is 10.2 Å². The molecule has 0 radical (unpaired) electrons. The molecule has 0 saturated heterocycles. The molecule has 1 aromatic carbocycles. The SMILES string of the molecule is ClCc1nnc(NCc2cccc(Cl)c2)o1.